The first-order valence-electron chi connectivity index (χ1n) is 14.8. The Morgan fingerprint density at radius 2 is 1.64 bits per heavy atom. The first kappa shape index (κ1) is 34.8. The van der Waals surface area contributed by atoms with Crippen molar-refractivity contribution in [1.82, 2.24) is 10.2 Å². The van der Waals surface area contributed by atoms with Crippen LogP contribution in [-0.2, 0) is 11.3 Å². The zero-order valence-electron chi connectivity index (χ0n) is 26.3. The van der Waals surface area contributed by atoms with Gasteiger partial charge in [0.15, 0.2) is 11.5 Å². The van der Waals surface area contributed by atoms with Crippen LogP contribution >= 0.6 is 12.4 Å². The van der Waals surface area contributed by atoms with Crippen LogP contribution in [-0.4, -0.2) is 78.1 Å². The van der Waals surface area contributed by atoms with E-state index in [1.54, 1.807) is 46.6 Å². The fourth-order valence-corrected chi connectivity index (χ4v) is 5.51. The minimum Gasteiger partial charge on any atom is -0.497 e. The van der Waals surface area contributed by atoms with Crippen LogP contribution in [0.1, 0.15) is 47.2 Å². The number of amides is 1. The van der Waals surface area contributed by atoms with E-state index < -0.39 is 0 Å². The monoisotopic (exact) mass is 628 g/mol. The van der Waals surface area contributed by atoms with Crippen molar-refractivity contribution in [3.63, 3.8) is 0 Å². The number of halogens is 1. The Hall–Kier alpha value is -3.66. The van der Waals surface area contributed by atoms with Crippen molar-refractivity contribution in [1.29, 1.82) is 0 Å². The highest BCUT2D eigenvalue weighted by molar-refractivity contribution is 5.95. The molecule has 0 aromatic heterocycles. The summed E-state index contributed by atoms with van der Waals surface area (Å²) in [6.07, 6.45) is 1.65. The SMILES string of the molecule is CCN(C(=O)c1ccc(OC)c(OCCCOC)c1)C1CNCC[C@@H]1c1cccc(OCc2cc(OC)cc(OC)c2)c1.Cl. The molecule has 240 valence electrons. The molecular weight excluding hydrogens is 584 g/mol. The maximum absolute atomic E-state index is 13.9. The fraction of sp³-hybridized carbons (Fsp3) is 0.441. The Balaban J connectivity index is 0.00000529. The Morgan fingerprint density at radius 1 is 0.864 bits per heavy atom. The van der Waals surface area contributed by atoms with Crippen LogP contribution < -0.4 is 29.0 Å². The summed E-state index contributed by atoms with van der Waals surface area (Å²) < 4.78 is 33.5. The van der Waals surface area contributed by atoms with Crippen LogP contribution in [0.15, 0.2) is 60.7 Å². The standard InChI is InChI=1S/C34H44N2O7.ClH/c1-6-36(34(37)26-11-12-32(41-5)33(20-26)42-16-8-15-38-2)31-22-35-14-13-30(31)25-9-7-10-27(19-25)43-23-24-17-28(39-3)21-29(18-24)40-4;/h7,9-12,17-21,30-31,35H,6,8,13-16,22-23H2,1-5H3;1H/t30-,31?;/m1./s1. The Kier molecular flexibility index (Phi) is 13.9. The molecule has 0 radical (unpaired) electrons. The van der Waals surface area contributed by atoms with E-state index in [9.17, 15) is 4.79 Å². The van der Waals surface area contributed by atoms with E-state index in [4.69, 9.17) is 28.4 Å². The van der Waals surface area contributed by atoms with Gasteiger partial charge in [-0.1, -0.05) is 12.1 Å². The smallest absolute Gasteiger partial charge is 0.254 e. The van der Waals surface area contributed by atoms with Gasteiger partial charge in [0.25, 0.3) is 5.91 Å². The summed E-state index contributed by atoms with van der Waals surface area (Å²) in [6.45, 7) is 5.63. The zero-order valence-corrected chi connectivity index (χ0v) is 27.1. The number of hydrogen-bond donors (Lipinski definition) is 1. The number of carbonyl (C=O) groups is 1. The number of likely N-dealkylation sites (N-methyl/N-ethyl adjacent to an activating group) is 1. The van der Waals surface area contributed by atoms with Crippen LogP contribution in [0.2, 0.25) is 0 Å². The van der Waals surface area contributed by atoms with E-state index >= 15 is 0 Å². The zero-order chi connectivity index (χ0) is 30.6. The molecule has 9 nitrogen and oxygen atoms in total. The predicted octanol–water partition coefficient (Wildman–Crippen LogP) is 5.74. The lowest BCUT2D eigenvalue weighted by Gasteiger charge is -2.40. The van der Waals surface area contributed by atoms with E-state index in [2.05, 4.69) is 17.4 Å². The highest BCUT2D eigenvalue weighted by atomic mass is 35.5. The number of carbonyl (C=O) groups excluding carboxylic acids is 1. The molecule has 3 aromatic carbocycles. The normalized spacial score (nSPS) is 15.9. The average Bonchev–Trinajstić information content (AvgIpc) is 3.06. The van der Waals surface area contributed by atoms with Gasteiger partial charge in [-0.05, 0) is 73.5 Å². The van der Waals surface area contributed by atoms with Gasteiger partial charge in [0.2, 0.25) is 0 Å². The van der Waals surface area contributed by atoms with Crippen LogP contribution in [0.25, 0.3) is 0 Å². The Labute approximate surface area is 267 Å². The highest BCUT2D eigenvalue weighted by Gasteiger charge is 2.34. The molecule has 1 fully saturated rings. The molecule has 1 heterocycles. The summed E-state index contributed by atoms with van der Waals surface area (Å²) in [5.41, 5.74) is 2.67. The van der Waals surface area contributed by atoms with Gasteiger partial charge >= 0.3 is 0 Å². The number of piperidine rings is 1. The van der Waals surface area contributed by atoms with Crippen LogP contribution in [0.4, 0.5) is 0 Å². The molecule has 0 aliphatic carbocycles. The van der Waals surface area contributed by atoms with E-state index in [1.807, 2.05) is 42.2 Å². The quantitative estimate of drug-likeness (QED) is 0.213. The summed E-state index contributed by atoms with van der Waals surface area (Å²) >= 11 is 0. The van der Waals surface area contributed by atoms with E-state index in [0.29, 0.717) is 50.0 Å². The van der Waals surface area contributed by atoms with Crippen molar-refractivity contribution in [2.24, 2.45) is 0 Å². The summed E-state index contributed by atoms with van der Waals surface area (Å²) in [5.74, 6) is 3.47. The fourth-order valence-electron chi connectivity index (χ4n) is 5.51. The Morgan fingerprint density at radius 3 is 2.32 bits per heavy atom. The summed E-state index contributed by atoms with van der Waals surface area (Å²) in [5, 5.41) is 3.50. The molecule has 10 heteroatoms. The molecule has 1 aliphatic heterocycles. The van der Waals surface area contributed by atoms with Crippen molar-refractivity contribution in [3.8, 4) is 28.7 Å². The average molecular weight is 629 g/mol. The number of rotatable bonds is 15. The van der Waals surface area contributed by atoms with Crippen LogP contribution in [0.3, 0.4) is 0 Å². The molecule has 0 bridgehead atoms. The molecule has 1 unspecified atom stereocenters. The molecule has 2 atom stereocenters. The Bertz CT molecular complexity index is 1320. The third-order valence-corrected chi connectivity index (χ3v) is 7.72. The van der Waals surface area contributed by atoms with Gasteiger partial charge in [-0.3, -0.25) is 4.79 Å². The predicted molar refractivity (Wildman–Crippen MR) is 173 cm³/mol. The second-order valence-corrected chi connectivity index (χ2v) is 10.4. The second kappa shape index (κ2) is 17.6. The van der Waals surface area contributed by atoms with Gasteiger partial charge in [0.05, 0.1) is 34.0 Å². The van der Waals surface area contributed by atoms with Gasteiger partial charge in [0, 0.05) is 50.8 Å². The first-order valence-corrected chi connectivity index (χ1v) is 14.8. The lowest BCUT2D eigenvalue weighted by Crippen LogP contribution is -2.52. The molecule has 0 saturated carbocycles. The molecule has 44 heavy (non-hydrogen) atoms. The molecule has 1 amide bonds. The number of ether oxygens (including phenoxy) is 6. The largest absolute Gasteiger partial charge is 0.497 e. The van der Waals surface area contributed by atoms with Crippen molar-refractivity contribution in [2.75, 3.05) is 61.3 Å². The van der Waals surface area contributed by atoms with E-state index in [0.717, 1.165) is 47.8 Å². The molecular formula is C34H45ClN2O7. The third-order valence-electron chi connectivity index (χ3n) is 7.72. The first-order chi connectivity index (χ1) is 21.0. The molecule has 0 spiro atoms. The van der Waals surface area contributed by atoms with Crippen molar-refractivity contribution in [2.45, 2.75) is 38.3 Å². The lowest BCUT2D eigenvalue weighted by atomic mass is 9.84. The maximum atomic E-state index is 13.9. The maximum Gasteiger partial charge on any atom is 0.254 e. The van der Waals surface area contributed by atoms with Gasteiger partial charge in [0.1, 0.15) is 23.9 Å². The minimum absolute atomic E-state index is 0. The van der Waals surface area contributed by atoms with Crippen molar-refractivity contribution in [3.05, 3.63) is 77.4 Å². The van der Waals surface area contributed by atoms with Crippen LogP contribution in [0, 0.1) is 0 Å². The second-order valence-electron chi connectivity index (χ2n) is 10.4. The van der Waals surface area contributed by atoms with Gasteiger partial charge in [-0.25, -0.2) is 0 Å². The number of hydrogen-bond acceptors (Lipinski definition) is 8. The highest BCUT2D eigenvalue weighted by Crippen LogP contribution is 2.34. The van der Waals surface area contributed by atoms with E-state index in [1.165, 1.54) is 0 Å². The number of methoxy groups -OCH3 is 4. The molecule has 1 saturated heterocycles. The number of nitrogens with zero attached hydrogens (tertiary/aromatic N) is 1. The minimum atomic E-state index is -0.0371. The molecule has 1 aliphatic rings. The van der Waals surface area contributed by atoms with Gasteiger partial charge in [-0.2, -0.15) is 0 Å². The van der Waals surface area contributed by atoms with Gasteiger partial charge < -0.3 is 38.6 Å². The number of nitrogens with one attached hydrogen (secondary N) is 1. The molecule has 1 N–H and O–H groups in total. The summed E-state index contributed by atoms with van der Waals surface area (Å²) in [6, 6.07) is 19.3. The van der Waals surface area contributed by atoms with Gasteiger partial charge in [-0.15, -0.1) is 12.4 Å². The molecule has 4 rings (SSSR count). The van der Waals surface area contributed by atoms with Crippen LogP contribution in [0.5, 0.6) is 28.7 Å². The summed E-state index contributed by atoms with van der Waals surface area (Å²) in [4.78, 5) is 15.9. The molecule has 3 aromatic rings. The lowest BCUT2D eigenvalue weighted by molar-refractivity contribution is 0.0633. The topological polar surface area (TPSA) is 87.7 Å². The van der Waals surface area contributed by atoms with Crippen molar-refractivity contribution >= 4 is 18.3 Å². The van der Waals surface area contributed by atoms with E-state index in [-0.39, 0.29) is 30.3 Å². The van der Waals surface area contributed by atoms with Crippen molar-refractivity contribution < 1.29 is 33.2 Å². The third kappa shape index (κ3) is 8.94. The number of benzene rings is 3. The summed E-state index contributed by atoms with van der Waals surface area (Å²) in [7, 11) is 6.53.